The van der Waals surface area contributed by atoms with Gasteiger partial charge in [-0.15, -0.1) is 0 Å². The van der Waals surface area contributed by atoms with E-state index in [1.54, 1.807) is 0 Å². The largest absolute Gasteiger partial charge is 0.481 e. The van der Waals surface area contributed by atoms with E-state index in [0.29, 0.717) is 24.4 Å². The molecular formula is C15H19NO2. The molecule has 0 spiro atoms. The molecule has 1 N–H and O–H groups in total. The third kappa shape index (κ3) is 2.09. The van der Waals surface area contributed by atoms with Crippen LogP contribution in [-0.2, 0) is 4.79 Å². The highest BCUT2D eigenvalue weighted by Crippen LogP contribution is 2.42. The second-order valence-corrected chi connectivity index (χ2v) is 5.56. The van der Waals surface area contributed by atoms with Crippen LogP contribution >= 0.6 is 0 Å². The Balaban J connectivity index is 1.76. The number of para-hydroxylation sites is 1. The van der Waals surface area contributed by atoms with E-state index in [1.165, 1.54) is 18.5 Å². The lowest BCUT2D eigenvalue weighted by atomic mass is 9.88. The fourth-order valence-electron chi connectivity index (χ4n) is 3.73. The molecule has 2 fully saturated rings. The van der Waals surface area contributed by atoms with Gasteiger partial charge in [0.1, 0.15) is 0 Å². The summed E-state index contributed by atoms with van der Waals surface area (Å²) >= 11 is 0. The van der Waals surface area contributed by atoms with Crippen molar-refractivity contribution in [2.75, 3.05) is 4.90 Å². The molecule has 3 heteroatoms. The van der Waals surface area contributed by atoms with Gasteiger partial charge in [-0.3, -0.25) is 4.79 Å². The third-order valence-electron chi connectivity index (χ3n) is 4.35. The Morgan fingerprint density at radius 1 is 1.17 bits per heavy atom. The van der Waals surface area contributed by atoms with Crippen molar-refractivity contribution in [3.8, 4) is 0 Å². The monoisotopic (exact) mass is 245 g/mol. The Labute approximate surface area is 107 Å². The lowest BCUT2D eigenvalue weighted by Crippen LogP contribution is -2.43. The highest BCUT2D eigenvalue weighted by atomic mass is 16.4. The van der Waals surface area contributed by atoms with Gasteiger partial charge in [0.05, 0.1) is 0 Å². The number of hydrogen-bond acceptors (Lipinski definition) is 2. The van der Waals surface area contributed by atoms with Crippen molar-refractivity contribution in [3.63, 3.8) is 0 Å². The molecule has 2 aliphatic heterocycles. The summed E-state index contributed by atoms with van der Waals surface area (Å²) in [6.45, 7) is 0. The zero-order valence-electron chi connectivity index (χ0n) is 10.5. The molecule has 2 atom stereocenters. The fraction of sp³-hybridized carbons (Fsp3) is 0.533. The average Bonchev–Trinajstić information content (AvgIpc) is 2.62. The van der Waals surface area contributed by atoms with Crippen molar-refractivity contribution in [2.45, 2.75) is 44.2 Å². The smallest absolute Gasteiger partial charge is 0.303 e. The molecular weight excluding hydrogens is 226 g/mol. The zero-order valence-corrected chi connectivity index (χ0v) is 10.5. The van der Waals surface area contributed by atoms with Crippen LogP contribution in [0, 0.1) is 5.92 Å². The minimum Gasteiger partial charge on any atom is -0.481 e. The number of carboxylic acid groups (broad SMARTS) is 1. The van der Waals surface area contributed by atoms with E-state index in [0.717, 1.165) is 12.8 Å². The van der Waals surface area contributed by atoms with Crippen molar-refractivity contribution < 1.29 is 9.90 Å². The number of carbonyl (C=O) groups is 1. The minimum absolute atomic E-state index is 0.343. The van der Waals surface area contributed by atoms with Crippen LogP contribution in [0.25, 0.3) is 0 Å². The summed E-state index contributed by atoms with van der Waals surface area (Å²) in [5.74, 6) is -0.271. The molecule has 1 aromatic rings. The van der Waals surface area contributed by atoms with Gasteiger partial charge in [-0.25, -0.2) is 0 Å². The van der Waals surface area contributed by atoms with Crippen LogP contribution < -0.4 is 4.90 Å². The summed E-state index contributed by atoms with van der Waals surface area (Å²) in [6, 6.07) is 11.6. The summed E-state index contributed by atoms with van der Waals surface area (Å²) < 4.78 is 0. The van der Waals surface area contributed by atoms with Gasteiger partial charge in [-0.05, 0) is 43.7 Å². The predicted octanol–water partition coefficient (Wildman–Crippen LogP) is 2.91. The van der Waals surface area contributed by atoms with Crippen LogP contribution in [0.4, 0.5) is 5.69 Å². The van der Waals surface area contributed by atoms with Crippen LogP contribution in [-0.4, -0.2) is 23.2 Å². The van der Waals surface area contributed by atoms with E-state index in [-0.39, 0.29) is 0 Å². The van der Waals surface area contributed by atoms with Gasteiger partial charge in [-0.2, -0.15) is 0 Å². The highest BCUT2D eigenvalue weighted by Gasteiger charge is 2.40. The van der Waals surface area contributed by atoms with Crippen molar-refractivity contribution in [1.82, 2.24) is 0 Å². The summed E-state index contributed by atoms with van der Waals surface area (Å²) in [7, 11) is 0. The highest BCUT2D eigenvalue weighted by molar-refractivity contribution is 5.67. The predicted molar refractivity (Wildman–Crippen MR) is 70.7 cm³/mol. The molecule has 3 nitrogen and oxygen atoms in total. The second kappa shape index (κ2) is 4.63. The van der Waals surface area contributed by atoms with E-state index in [2.05, 4.69) is 29.2 Å². The van der Waals surface area contributed by atoms with E-state index in [9.17, 15) is 4.79 Å². The SMILES string of the molecule is O=C(O)CC1CC2CCC(C1)N2c1ccccc1. The van der Waals surface area contributed by atoms with Crippen LogP contribution in [0.2, 0.25) is 0 Å². The van der Waals surface area contributed by atoms with Crippen molar-refractivity contribution in [2.24, 2.45) is 5.92 Å². The summed E-state index contributed by atoms with van der Waals surface area (Å²) in [5, 5.41) is 8.93. The fourth-order valence-corrected chi connectivity index (χ4v) is 3.73. The van der Waals surface area contributed by atoms with Crippen LogP contribution in [0.5, 0.6) is 0 Å². The molecule has 0 amide bonds. The molecule has 2 bridgehead atoms. The number of fused-ring (bicyclic) bond motifs is 2. The molecule has 2 aliphatic rings. The second-order valence-electron chi connectivity index (χ2n) is 5.56. The lowest BCUT2D eigenvalue weighted by Gasteiger charge is -2.40. The molecule has 2 heterocycles. The molecule has 1 aromatic carbocycles. The Bertz CT molecular complexity index is 417. The number of benzene rings is 1. The number of rotatable bonds is 3. The van der Waals surface area contributed by atoms with Crippen LogP contribution in [0.3, 0.4) is 0 Å². The Kier molecular flexibility index (Phi) is 2.98. The number of piperidine rings is 1. The first-order chi connectivity index (χ1) is 8.74. The van der Waals surface area contributed by atoms with Gasteiger partial charge in [0.15, 0.2) is 0 Å². The van der Waals surface area contributed by atoms with Gasteiger partial charge in [-0.1, -0.05) is 18.2 Å². The van der Waals surface area contributed by atoms with Crippen molar-refractivity contribution in [3.05, 3.63) is 30.3 Å². The zero-order chi connectivity index (χ0) is 12.5. The van der Waals surface area contributed by atoms with E-state index in [1.807, 2.05) is 6.07 Å². The topological polar surface area (TPSA) is 40.5 Å². The van der Waals surface area contributed by atoms with Gasteiger partial charge in [0.2, 0.25) is 0 Å². The van der Waals surface area contributed by atoms with Crippen molar-refractivity contribution >= 4 is 11.7 Å². The summed E-state index contributed by atoms with van der Waals surface area (Å²) in [5.41, 5.74) is 1.30. The standard InChI is InChI=1S/C15H19NO2/c17-15(18)10-11-8-13-6-7-14(9-11)16(13)12-4-2-1-3-5-12/h1-5,11,13-14H,6-10H2,(H,17,18). The molecule has 2 unspecified atom stereocenters. The Morgan fingerprint density at radius 3 is 2.33 bits per heavy atom. The van der Waals surface area contributed by atoms with Gasteiger partial charge >= 0.3 is 5.97 Å². The maximum Gasteiger partial charge on any atom is 0.303 e. The van der Waals surface area contributed by atoms with E-state index < -0.39 is 5.97 Å². The first kappa shape index (κ1) is 11.6. The van der Waals surface area contributed by atoms with Gasteiger partial charge in [0, 0.05) is 24.2 Å². The average molecular weight is 245 g/mol. The molecule has 0 aliphatic carbocycles. The molecule has 0 aromatic heterocycles. The van der Waals surface area contributed by atoms with E-state index >= 15 is 0 Å². The number of carboxylic acids is 1. The van der Waals surface area contributed by atoms with Crippen molar-refractivity contribution in [1.29, 1.82) is 0 Å². The number of nitrogens with zero attached hydrogens (tertiary/aromatic N) is 1. The molecule has 0 radical (unpaired) electrons. The first-order valence-electron chi connectivity index (χ1n) is 6.79. The maximum atomic E-state index is 10.8. The molecule has 2 saturated heterocycles. The van der Waals surface area contributed by atoms with Gasteiger partial charge in [0.25, 0.3) is 0 Å². The van der Waals surface area contributed by atoms with Gasteiger partial charge < -0.3 is 10.0 Å². The summed E-state index contributed by atoms with van der Waals surface area (Å²) in [6.07, 6.45) is 4.86. The number of aliphatic carboxylic acids is 1. The third-order valence-corrected chi connectivity index (χ3v) is 4.35. The number of hydrogen-bond donors (Lipinski definition) is 1. The summed E-state index contributed by atoms with van der Waals surface area (Å²) in [4.78, 5) is 13.4. The first-order valence-corrected chi connectivity index (χ1v) is 6.79. The lowest BCUT2D eigenvalue weighted by molar-refractivity contribution is -0.138. The molecule has 18 heavy (non-hydrogen) atoms. The molecule has 96 valence electrons. The normalized spacial score (nSPS) is 30.4. The molecule has 3 rings (SSSR count). The maximum absolute atomic E-state index is 10.8. The molecule has 0 saturated carbocycles. The Morgan fingerprint density at radius 2 is 1.78 bits per heavy atom. The van der Waals surface area contributed by atoms with Crippen LogP contribution in [0.15, 0.2) is 30.3 Å². The quantitative estimate of drug-likeness (QED) is 0.890. The Hall–Kier alpha value is -1.51. The number of anilines is 1. The van der Waals surface area contributed by atoms with E-state index in [4.69, 9.17) is 5.11 Å². The van der Waals surface area contributed by atoms with Crippen LogP contribution in [0.1, 0.15) is 32.1 Å². The minimum atomic E-state index is -0.646.